The molecule has 7 rings (SSSR count). The van der Waals surface area contributed by atoms with Gasteiger partial charge in [-0.05, 0) is 88.6 Å². The number of benzene rings is 4. The van der Waals surface area contributed by atoms with E-state index in [1.807, 2.05) is 80.8 Å². The molecule has 4 aromatic carbocycles. The summed E-state index contributed by atoms with van der Waals surface area (Å²) in [5.74, 6) is -0.422. The molecule has 0 radical (unpaired) electrons. The van der Waals surface area contributed by atoms with Crippen LogP contribution in [-0.4, -0.2) is 51.3 Å². The van der Waals surface area contributed by atoms with E-state index in [1.165, 1.54) is 0 Å². The van der Waals surface area contributed by atoms with Gasteiger partial charge >= 0.3 is 6.09 Å². The van der Waals surface area contributed by atoms with E-state index in [9.17, 15) is 14.9 Å². The third-order valence-corrected chi connectivity index (χ3v) is 10.6. The third kappa shape index (κ3) is 8.21. The molecule has 1 aliphatic heterocycles. The topological polar surface area (TPSA) is 128 Å². The maximum atomic E-state index is 14.8. The molecule has 0 unspecified atom stereocenters. The first kappa shape index (κ1) is 38.8. The summed E-state index contributed by atoms with van der Waals surface area (Å²) in [4.78, 5) is 37.7. The zero-order valence-electron chi connectivity index (χ0n) is 31.3. The van der Waals surface area contributed by atoms with Crippen LogP contribution in [0.2, 0.25) is 15.1 Å². The number of anilines is 2. The summed E-state index contributed by atoms with van der Waals surface area (Å²) >= 11 is 19.6. The second-order valence-electron chi connectivity index (χ2n) is 14.8. The maximum absolute atomic E-state index is 14.8. The van der Waals surface area contributed by atoms with Gasteiger partial charge < -0.3 is 29.8 Å². The van der Waals surface area contributed by atoms with Crippen molar-refractivity contribution in [3.05, 3.63) is 123 Å². The molecule has 286 valence electrons. The summed E-state index contributed by atoms with van der Waals surface area (Å²) in [5, 5.41) is 18.3. The number of halogens is 3. The number of nitriles is 1. The predicted molar refractivity (Wildman–Crippen MR) is 224 cm³/mol. The van der Waals surface area contributed by atoms with E-state index in [0.717, 1.165) is 22.2 Å². The Kier molecular flexibility index (Phi) is 11.0. The number of H-pyrrole nitrogens is 1. The number of amides is 2. The average Bonchev–Trinajstić information content (AvgIpc) is 3.76. The van der Waals surface area contributed by atoms with Gasteiger partial charge in [0.25, 0.3) is 5.91 Å². The highest BCUT2D eigenvalue weighted by Gasteiger charge is 2.30. The lowest BCUT2D eigenvalue weighted by Crippen LogP contribution is -2.46. The van der Waals surface area contributed by atoms with Crippen LogP contribution in [-0.2, 0) is 4.74 Å². The molecule has 6 aromatic rings. The number of carbonyl (C=O) groups is 2. The largest absolute Gasteiger partial charge is 0.444 e. The number of imidazole rings is 1. The van der Waals surface area contributed by atoms with Gasteiger partial charge in [0.15, 0.2) is 0 Å². The van der Waals surface area contributed by atoms with Crippen molar-refractivity contribution in [2.45, 2.75) is 58.2 Å². The van der Waals surface area contributed by atoms with E-state index < -0.39 is 17.6 Å². The van der Waals surface area contributed by atoms with Gasteiger partial charge in [0.05, 0.1) is 46.8 Å². The second kappa shape index (κ2) is 15.9. The van der Waals surface area contributed by atoms with Crippen LogP contribution in [0.15, 0.2) is 91.3 Å². The fourth-order valence-electron chi connectivity index (χ4n) is 7.19. The van der Waals surface area contributed by atoms with Gasteiger partial charge in [-0.3, -0.25) is 4.79 Å². The number of alkyl carbamates (subject to hydrolysis) is 1. The van der Waals surface area contributed by atoms with Crippen LogP contribution >= 0.6 is 34.8 Å². The highest BCUT2D eigenvalue weighted by atomic mass is 35.5. The van der Waals surface area contributed by atoms with Gasteiger partial charge in [0.2, 0.25) is 0 Å². The molecule has 3 N–H and O–H groups in total. The number of nitrogens with zero attached hydrogens (tertiary/aromatic N) is 4. The van der Waals surface area contributed by atoms with Crippen LogP contribution in [0, 0.1) is 11.3 Å². The number of nitrogens with one attached hydrogen (secondary N) is 3. The zero-order chi connectivity index (χ0) is 39.7. The number of rotatable bonds is 8. The van der Waals surface area contributed by atoms with Crippen molar-refractivity contribution in [1.29, 1.82) is 5.26 Å². The van der Waals surface area contributed by atoms with Gasteiger partial charge in [0.1, 0.15) is 11.3 Å². The van der Waals surface area contributed by atoms with E-state index in [1.54, 1.807) is 42.7 Å². The summed E-state index contributed by atoms with van der Waals surface area (Å²) < 4.78 is 7.48. The van der Waals surface area contributed by atoms with Crippen LogP contribution in [0.25, 0.3) is 33.4 Å². The summed E-state index contributed by atoms with van der Waals surface area (Å²) in [6.45, 7) is 8.73. The first-order chi connectivity index (χ1) is 26.8. The van der Waals surface area contributed by atoms with Crippen LogP contribution in [0.5, 0.6) is 0 Å². The molecule has 1 aliphatic rings. The molecule has 56 heavy (non-hydrogen) atoms. The Morgan fingerprint density at radius 2 is 1.68 bits per heavy atom. The number of ether oxygens (including phenoxy) is 1. The lowest BCUT2D eigenvalue weighted by atomic mass is 9.99. The Morgan fingerprint density at radius 3 is 2.38 bits per heavy atom. The summed E-state index contributed by atoms with van der Waals surface area (Å²) in [6, 6.07) is 27.8. The number of piperidine rings is 1. The fourth-order valence-corrected chi connectivity index (χ4v) is 7.93. The smallest absolute Gasteiger partial charge is 0.407 e. The highest BCUT2D eigenvalue weighted by Crippen LogP contribution is 2.43. The van der Waals surface area contributed by atoms with Crippen molar-refractivity contribution < 1.29 is 14.3 Å². The maximum Gasteiger partial charge on any atom is 0.407 e. The number of aromatic nitrogens is 3. The molecule has 1 fully saturated rings. The van der Waals surface area contributed by atoms with Crippen molar-refractivity contribution in [1.82, 2.24) is 19.9 Å². The SMILES string of the molecule is C[C@@H](c1ccc(Cl)cc1Cl)n1cnc(-c2ccccc2)c1-c1c(C(=O)Nc2cc(C#N)ccc2N2CCC(NC(=O)OC(C)(C)C)CC2)[nH]c2cc(Cl)ccc12. The summed E-state index contributed by atoms with van der Waals surface area (Å²) in [5.41, 5.74) is 5.65. The van der Waals surface area contributed by atoms with E-state index in [4.69, 9.17) is 44.5 Å². The Bertz CT molecular complexity index is 2470. The first-order valence-electron chi connectivity index (χ1n) is 18.3. The van der Waals surface area contributed by atoms with Crippen molar-refractivity contribution >= 4 is 69.1 Å². The minimum absolute atomic E-state index is 0.0629. The molecule has 0 spiro atoms. The highest BCUT2D eigenvalue weighted by molar-refractivity contribution is 6.35. The average molecular weight is 809 g/mol. The predicted octanol–water partition coefficient (Wildman–Crippen LogP) is 10.9. The molecule has 1 saturated heterocycles. The summed E-state index contributed by atoms with van der Waals surface area (Å²) in [6.07, 6.45) is 2.66. The van der Waals surface area contributed by atoms with E-state index in [0.29, 0.717) is 74.7 Å². The van der Waals surface area contributed by atoms with Crippen LogP contribution in [0.1, 0.15) is 68.2 Å². The second-order valence-corrected chi connectivity index (χ2v) is 16.1. The molecule has 10 nitrogen and oxygen atoms in total. The normalized spacial score (nSPS) is 14.0. The van der Waals surface area contributed by atoms with Gasteiger partial charge in [-0.15, -0.1) is 0 Å². The molecule has 0 saturated carbocycles. The molecule has 1 atom stereocenters. The van der Waals surface area contributed by atoms with Gasteiger partial charge in [-0.1, -0.05) is 77.3 Å². The van der Waals surface area contributed by atoms with E-state index in [-0.39, 0.29) is 17.8 Å². The molecule has 0 bridgehead atoms. The standard InChI is InChI=1S/C43H40Cl3N7O3/c1-25(31-13-11-28(44)21-33(31)46)53-24-48-38(27-8-6-5-7-9-27)40(53)37-32-14-12-29(45)22-34(32)50-39(37)41(54)51-35-20-26(23-47)10-15-36(35)52-18-16-30(17-19-52)49-42(55)56-43(2,3)4/h5-15,20-22,24-25,30,50H,16-19H2,1-4H3,(H,49,55)(H,51,54)/t25-/m0/s1. The van der Waals surface area contributed by atoms with Crippen molar-refractivity contribution in [2.75, 3.05) is 23.3 Å². The third-order valence-electron chi connectivity index (χ3n) is 9.83. The van der Waals surface area contributed by atoms with Crippen molar-refractivity contribution in [2.24, 2.45) is 0 Å². The van der Waals surface area contributed by atoms with Crippen molar-refractivity contribution in [3.63, 3.8) is 0 Å². The molecule has 2 amide bonds. The number of aromatic amines is 1. The lowest BCUT2D eigenvalue weighted by Gasteiger charge is -2.35. The quantitative estimate of drug-likeness (QED) is 0.140. The summed E-state index contributed by atoms with van der Waals surface area (Å²) in [7, 11) is 0. The van der Waals surface area contributed by atoms with Crippen molar-refractivity contribution in [3.8, 4) is 28.6 Å². The van der Waals surface area contributed by atoms with Crippen LogP contribution < -0.4 is 15.5 Å². The van der Waals surface area contributed by atoms with Crippen LogP contribution in [0.4, 0.5) is 16.2 Å². The monoisotopic (exact) mass is 807 g/mol. The minimum atomic E-state index is -0.594. The number of hydrogen-bond donors (Lipinski definition) is 3. The van der Waals surface area contributed by atoms with Gasteiger partial charge in [0, 0.05) is 56.2 Å². The Labute approximate surface area is 340 Å². The van der Waals surface area contributed by atoms with E-state index in [2.05, 4.69) is 26.6 Å². The Morgan fingerprint density at radius 1 is 0.964 bits per heavy atom. The number of hydrogen-bond acceptors (Lipinski definition) is 6. The molecular formula is C43H40Cl3N7O3. The molecule has 13 heteroatoms. The molecule has 0 aliphatic carbocycles. The molecule has 3 heterocycles. The Balaban J connectivity index is 1.29. The van der Waals surface area contributed by atoms with Gasteiger partial charge in [-0.2, -0.15) is 5.26 Å². The number of carbonyl (C=O) groups excluding carboxylic acids is 2. The minimum Gasteiger partial charge on any atom is -0.444 e. The lowest BCUT2D eigenvalue weighted by molar-refractivity contribution is 0.0497. The zero-order valence-corrected chi connectivity index (χ0v) is 33.6. The van der Waals surface area contributed by atoms with Crippen LogP contribution in [0.3, 0.4) is 0 Å². The number of fused-ring (bicyclic) bond motifs is 1. The molecule has 2 aromatic heterocycles. The fraction of sp³-hybridized carbons (Fsp3) is 0.256. The van der Waals surface area contributed by atoms with Gasteiger partial charge in [-0.25, -0.2) is 9.78 Å². The van der Waals surface area contributed by atoms with E-state index >= 15 is 0 Å². The molecular weight excluding hydrogens is 769 g/mol. The first-order valence-corrected chi connectivity index (χ1v) is 19.4. The Hall–Kier alpha value is -5.47.